The fraction of sp³-hybridized carbons (Fsp3) is 0.500. The van der Waals surface area contributed by atoms with Crippen molar-refractivity contribution in [2.45, 2.75) is 39.7 Å². The average Bonchev–Trinajstić information content (AvgIpc) is 2.37. The summed E-state index contributed by atoms with van der Waals surface area (Å²) >= 11 is 5.68. The highest BCUT2D eigenvalue weighted by Crippen LogP contribution is 2.18. The van der Waals surface area contributed by atoms with Crippen LogP contribution >= 0.6 is 11.6 Å². The molecule has 0 bridgehead atoms. The molecule has 4 heteroatoms. The molecule has 1 aromatic rings. The maximum Gasteiger partial charge on any atom is 0.223 e. The number of carbonyl (C=O) groups is 1. The van der Waals surface area contributed by atoms with Crippen LogP contribution in [0.3, 0.4) is 0 Å². The molecule has 0 heterocycles. The molecular formula is C14H19ClFNO. The predicted octanol–water partition coefficient (Wildman–Crippen LogP) is 3.92. The van der Waals surface area contributed by atoms with Gasteiger partial charge in [-0.1, -0.05) is 44.0 Å². The molecule has 0 aliphatic rings. The van der Waals surface area contributed by atoms with Gasteiger partial charge in [-0.15, -0.1) is 0 Å². The van der Waals surface area contributed by atoms with Crippen molar-refractivity contribution in [2.24, 2.45) is 5.92 Å². The van der Waals surface area contributed by atoms with Gasteiger partial charge in [-0.2, -0.15) is 0 Å². The van der Waals surface area contributed by atoms with E-state index in [-0.39, 0.29) is 23.4 Å². The van der Waals surface area contributed by atoms with Crippen LogP contribution in [0.5, 0.6) is 0 Å². The van der Waals surface area contributed by atoms with E-state index >= 15 is 0 Å². The Hall–Kier alpha value is -1.09. The van der Waals surface area contributed by atoms with Gasteiger partial charge in [0.25, 0.3) is 0 Å². The van der Waals surface area contributed by atoms with Crippen LogP contribution in [0.25, 0.3) is 0 Å². The Labute approximate surface area is 113 Å². The number of halogens is 2. The number of hydrogen-bond donors (Lipinski definition) is 1. The zero-order chi connectivity index (χ0) is 13.5. The standard InChI is InChI=1S/C14H19ClFNO/c1-3-6-10(4-2)14(18)17-9-11-7-5-8-12(15)13(11)16/h5,7-8,10H,3-4,6,9H2,1-2H3,(H,17,18). The van der Waals surface area contributed by atoms with E-state index in [1.165, 1.54) is 6.07 Å². The Bertz CT molecular complexity index is 409. The topological polar surface area (TPSA) is 29.1 Å². The van der Waals surface area contributed by atoms with Gasteiger partial charge in [0, 0.05) is 18.0 Å². The highest BCUT2D eigenvalue weighted by molar-refractivity contribution is 6.30. The summed E-state index contributed by atoms with van der Waals surface area (Å²) in [6.45, 7) is 4.22. The van der Waals surface area contributed by atoms with Gasteiger partial charge in [0.1, 0.15) is 5.82 Å². The Morgan fingerprint density at radius 3 is 2.78 bits per heavy atom. The summed E-state index contributed by atoms with van der Waals surface area (Å²) in [4.78, 5) is 11.9. The van der Waals surface area contributed by atoms with Gasteiger partial charge in [-0.25, -0.2) is 4.39 Å². The van der Waals surface area contributed by atoms with Crippen LogP contribution in [-0.4, -0.2) is 5.91 Å². The summed E-state index contributed by atoms with van der Waals surface area (Å²) in [5, 5.41) is 2.85. The zero-order valence-corrected chi connectivity index (χ0v) is 11.6. The fourth-order valence-corrected chi connectivity index (χ4v) is 2.07. The molecule has 100 valence electrons. The summed E-state index contributed by atoms with van der Waals surface area (Å²) in [5.41, 5.74) is 0.419. The Balaban J connectivity index is 2.59. The number of hydrogen-bond acceptors (Lipinski definition) is 1. The Morgan fingerprint density at radius 1 is 1.44 bits per heavy atom. The third-order valence-corrected chi connectivity index (χ3v) is 3.28. The van der Waals surface area contributed by atoms with Gasteiger partial charge in [-0.3, -0.25) is 4.79 Å². The minimum Gasteiger partial charge on any atom is -0.352 e. The van der Waals surface area contributed by atoms with E-state index in [4.69, 9.17) is 11.6 Å². The van der Waals surface area contributed by atoms with Gasteiger partial charge in [-0.05, 0) is 18.9 Å². The first-order chi connectivity index (χ1) is 8.60. The molecular weight excluding hydrogens is 253 g/mol. The summed E-state index contributed by atoms with van der Waals surface area (Å²) in [7, 11) is 0. The molecule has 0 aliphatic heterocycles. The first kappa shape index (κ1) is 15.0. The van der Waals surface area contributed by atoms with Crippen molar-refractivity contribution in [3.8, 4) is 0 Å². The van der Waals surface area contributed by atoms with Gasteiger partial charge in [0.15, 0.2) is 0 Å². The second-order valence-electron chi connectivity index (χ2n) is 4.32. The predicted molar refractivity (Wildman–Crippen MR) is 71.9 cm³/mol. The van der Waals surface area contributed by atoms with E-state index in [9.17, 15) is 9.18 Å². The quantitative estimate of drug-likeness (QED) is 0.835. The number of amides is 1. The highest BCUT2D eigenvalue weighted by atomic mass is 35.5. The SMILES string of the molecule is CCCC(CC)C(=O)NCc1cccc(Cl)c1F. The van der Waals surface area contributed by atoms with Crippen molar-refractivity contribution in [1.29, 1.82) is 0 Å². The summed E-state index contributed by atoms with van der Waals surface area (Å²) in [5.74, 6) is -0.459. The maximum atomic E-state index is 13.6. The van der Waals surface area contributed by atoms with Crippen molar-refractivity contribution in [1.82, 2.24) is 5.32 Å². The Kier molecular flexibility index (Phi) is 6.13. The molecule has 1 unspecified atom stereocenters. The van der Waals surface area contributed by atoms with Gasteiger partial charge in [0.05, 0.1) is 5.02 Å². The molecule has 0 aromatic heterocycles. The van der Waals surface area contributed by atoms with Crippen LogP contribution in [0.4, 0.5) is 4.39 Å². The molecule has 0 saturated heterocycles. The van der Waals surface area contributed by atoms with Crippen LogP contribution in [0.15, 0.2) is 18.2 Å². The van der Waals surface area contributed by atoms with E-state index in [1.54, 1.807) is 12.1 Å². The second kappa shape index (κ2) is 7.37. The van der Waals surface area contributed by atoms with E-state index in [2.05, 4.69) is 5.32 Å². The molecule has 1 atom stereocenters. The van der Waals surface area contributed by atoms with Crippen LogP contribution in [0.1, 0.15) is 38.7 Å². The smallest absolute Gasteiger partial charge is 0.223 e. The first-order valence-corrected chi connectivity index (χ1v) is 6.68. The third-order valence-electron chi connectivity index (χ3n) is 2.99. The van der Waals surface area contributed by atoms with Crippen molar-refractivity contribution in [3.05, 3.63) is 34.6 Å². The van der Waals surface area contributed by atoms with Crippen LogP contribution in [0.2, 0.25) is 5.02 Å². The molecule has 0 aliphatic carbocycles. The van der Waals surface area contributed by atoms with Gasteiger partial charge in [0.2, 0.25) is 5.91 Å². The third kappa shape index (κ3) is 3.98. The lowest BCUT2D eigenvalue weighted by molar-refractivity contribution is -0.125. The molecule has 1 N–H and O–H groups in total. The molecule has 18 heavy (non-hydrogen) atoms. The maximum absolute atomic E-state index is 13.6. The highest BCUT2D eigenvalue weighted by Gasteiger charge is 2.15. The number of carbonyl (C=O) groups excluding carboxylic acids is 1. The molecule has 0 fully saturated rings. The van der Waals surface area contributed by atoms with Crippen LogP contribution < -0.4 is 5.32 Å². The lowest BCUT2D eigenvalue weighted by Crippen LogP contribution is -2.30. The lowest BCUT2D eigenvalue weighted by atomic mass is 10.00. The minimum atomic E-state index is -0.456. The number of rotatable bonds is 6. The Morgan fingerprint density at radius 2 is 2.17 bits per heavy atom. The van der Waals surface area contributed by atoms with E-state index in [0.717, 1.165) is 19.3 Å². The van der Waals surface area contributed by atoms with Crippen LogP contribution in [0, 0.1) is 11.7 Å². The van der Waals surface area contributed by atoms with E-state index < -0.39 is 5.82 Å². The van der Waals surface area contributed by atoms with E-state index in [0.29, 0.717) is 5.56 Å². The minimum absolute atomic E-state index is 0.0113. The largest absolute Gasteiger partial charge is 0.352 e. The van der Waals surface area contributed by atoms with Gasteiger partial charge < -0.3 is 5.32 Å². The lowest BCUT2D eigenvalue weighted by Gasteiger charge is -2.14. The molecule has 1 amide bonds. The second-order valence-corrected chi connectivity index (χ2v) is 4.73. The van der Waals surface area contributed by atoms with Crippen molar-refractivity contribution in [3.63, 3.8) is 0 Å². The summed E-state index contributed by atoms with van der Waals surface area (Å²) in [6.07, 6.45) is 2.63. The normalized spacial score (nSPS) is 12.2. The molecule has 2 nitrogen and oxygen atoms in total. The summed E-state index contributed by atoms with van der Waals surface area (Å²) in [6, 6.07) is 4.80. The monoisotopic (exact) mass is 271 g/mol. The number of nitrogens with one attached hydrogen (secondary N) is 1. The summed E-state index contributed by atoms with van der Waals surface area (Å²) < 4.78 is 13.6. The molecule has 0 spiro atoms. The molecule has 0 saturated carbocycles. The van der Waals surface area contributed by atoms with Crippen LogP contribution in [-0.2, 0) is 11.3 Å². The van der Waals surface area contributed by atoms with Gasteiger partial charge >= 0.3 is 0 Å². The molecule has 1 aromatic carbocycles. The van der Waals surface area contributed by atoms with Crippen molar-refractivity contribution >= 4 is 17.5 Å². The number of benzene rings is 1. The van der Waals surface area contributed by atoms with Crippen molar-refractivity contribution < 1.29 is 9.18 Å². The van der Waals surface area contributed by atoms with Crippen molar-refractivity contribution in [2.75, 3.05) is 0 Å². The molecule has 0 radical (unpaired) electrons. The fourth-order valence-electron chi connectivity index (χ4n) is 1.88. The average molecular weight is 272 g/mol. The van der Waals surface area contributed by atoms with E-state index in [1.807, 2.05) is 13.8 Å². The first-order valence-electron chi connectivity index (χ1n) is 6.30. The zero-order valence-electron chi connectivity index (χ0n) is 10.8. The molecule has 1 rings (SSSR count).